The third kappa shape index (κ3) is 5.21. The second-order valence-corrected chi connectivity index (χ2v) is 15.7. The van der Waals surface area contributed by atoms with E-state index in [0.717, 1.165) is 6.92 Å². The fourth-order valence-corrected chi connectivity index (χ4v) is 10.7. The van der Waals surface area contributed by atoms with E-state index in [9.17, 15) is 31.6 Å². The Balaban J connectivity index is 1.65. The van der Waals surface area contributed by atoms with Crippen LogP contribution in [-0.4, -0.2) is 47.6 Å². The molecule has 0 aromatic carbocycles. The number of alkyl halides is 12. The Labute approximate surface area is 266 Å². The van der Waals surface area contributed by atoms with Gasteiger partial charge in [0.15, 0.2) is 0 Å². The molecule has 10 atom stereocenters. The van der Waals surface area contributed by atoms with Crippen molar-refractivity contribution < 1.29 is 62.2 Å². The van der Waals surface area contributed by atoms with Gasteiger partial charge in [-0.15, -0.1) is 0 Å². The Morgan fingerprint density at radius 3 is 1.94 bits per heavy atom. The molecule has 0 spiro atoms. The van der Waals surface area contributed by atoms with Crippen molar-refractivity contribution in [1.82, 2.24) is 0 Å². The first-order valence-corrected chi connectivity index (χ1v) is 16.3. The van der Waals surface area contributed by atoms with Crippen LogP contribution in [0.5, 0.6) is 0 Å². The third-order valence-electron chi connectivity index (χ3n) is 13.2. The number of nitrogens with zero attached hydrogens (tertiary/aromatic N) is 1. The zero-order chi connectivity index (χ0) is 35.4. The molecule has 6 rings (SSSR count). The fraction of sp³-hybridized carbons (Fsp3) is 0.969. The molecule has 3 nitrogen and oxygen atoms in total. The molecule has 3 saturated heterocycles. The molecule has 10 unspecified atom stereocenters. The number of ether oxygens (including phenoxy) is 2. The number of nitriles is 1. The maximum Gasteiger partial charge on any atom is 0.456 e. The summed E-state index contributed by atoms with van der Waals surface area (Å²) in [7, 11) is 0. The van der Waals surface area contributed by atoms with Gasteiger partial charge in [0.25, 0.3) is 0 Å². The topological polar surface area (TPSA) is 42.2 Å². The summed E-state index contributed by atoms with van der Waals surface area (Å²) in [5.41, 5.74) is -9.52. The maximum absolute atomic E-state index is 15.5. The van der Waals surface area contributed by atoms with E-state index >= 15 is 26.3 Å². The average Bonchev–Trinajstić information content (AvgIpc) is 3.33. The monoisotopic (exact) mass is 699 g/mol. The molecule has 270 valence electrons. The van der Waals surface area contributed by atoms with Crippen LogP contribution in [0.25, 0.3) is 0 Å². The molecule has 0 N–H and O–H groups in total. The standard InChI is InChI=1S/C32H41F12NO2/c1-5-24(3,26-12-18-9-22(14-26)28(33,34)46-23(10-18)15-26)13-21(8-17(2)16-45)25(4)19-6-7-20(11-19)27(47-25,29(35,36)31(39,40)41)30(37,38)32(42,43)44/h17-23H,5-15H2,1-4H3. The SMILES string of the molecule is CCC(C)(CC(CC(C)C#N)C1(C)OC(C(F)(F)C(F)(F)F)(C(F)(F)C(F)(F)F)C2CCC1C2)C12CC3CC(C1)OC(F)(F)C(C3)C2. The van der Waals surface area contributed by atoms with Crippen molar-refractivity contribution in [3.05, 3.63) is 0 Å². The minimum Gasteiger partial charge on any atom is -0.355 e. The number of hydrogen-bond donors (Lipinski definition) is 0. The number of hydrogen-bond acceptors (Lipinski definition) is 3. The van der Waals surface area contributed by atoms with E-state index in [4.69, 9.17) is 9.47 Å². The van der Waals surface area contributed by atoms with Gasteiger partial charge in [0.05, 0.1) is 23.7 Å². The first-order chi connectivity index (χ1) is 21.3. The zero-order valence-corrected chi connectivity index (χ0v) is 26.6. The summed E-state index contributed by atoms with van der Waals surface area (Å²) in [4.78, 5) is 0. The lowest BCUT2D eigenvalue weighted by Crippen LogP contribution is -2.78. The van der Waals surface area contributed by atoms with Gasteiger partial charge >= 0.3 is 30.3 Å². The number of fused-ring (bicyclic) bond motifs is 3. The van der Waals surface area contributed by atoms with Gasteiger partial charge in [-0.25, -0.2) is 0 Å². The fourth-order valence-electron chi connectivity index (χ4n) is 10.7. The van der Waals surface area contributed by atoms with Crippen LogP contribution in [0.3, 0.4) is 0 Å². The van der Waals surface area contributed by atoms with Gasteiger partial charge < -0.3 is 9.47 Å². The highest BCUT2D eigenvalue weighted by molar-refractivity contribution is 5.21. The summed E-state index contributed by atoms with van der Waals surface area (Å²) >= 11 is 0. The van der Waals surface area contributed by atoms with Crippen molar-refractivity contribution in [2.24, 2.45) is 46.3 Å². The minimum atomic E-state index is -6.83. The molecule has 15 heteroatoms. The molecular weight excluding hydrogens is 658 g/mol. The summed E-state index contributed by atoms with van der Waals surface area (Å²) in [6.45, 7) is 5.98. The normalized spacial score (nSPS) is 39.2. The van der Waals surface area contributed by atoms with Gasteiger partial charge in [-0.2, -0.15) is 57.9 Å². The van der Waals surface area contributed by atoms with Gasteiger partial charge in [0.2, 0.25) is 5.60 Å². The molecule has 6 bridgehead atoms. The molecule has 6 aliphatic rings. The molecule has 3 heterocycles. The minimum absolute atomic E-state index is 0.0170. The van der Waals surface area contributed by atoms with Crippen LogP contribution in [0.4, 0.5) is 52.7 Å². The quantitative estimate of drug-likeness (QED) is 0.225. The lowest BCUT2D eigenvalue weighted by atomic mass is 9.46. The first-order valence-electron chi connectivity index (χ1n) is 16.3. The van der Waals surface area contributed by atoms with Crippen molar-refractivity contribution in [2.75, 3.05) is 0 Å². The smallest absolute Gasteiger partial charge is 0.355 e. The predicted octanol–water partition coefficient (Wildman–Crippen LogP) is 10.5. The van der Waals surface area contributed by atoms with E-state index in [1.54, 1.807) is 13.8 Å². The number of rotatable bonds is 9. The molecular formula is C32H41F12NO2. The average molecular weight is 700 g/mol. The Morgan fingerprint density at radius 2 is 1.40 bits per heavy atom. The van der Waals surface area contributed by atoms with E-state index in [-0.39, 0.29) is 50.9 Å². The first kappa shape index (κ1) is 36.8. The van der Waals surface area contributed by atoms with Crippen LogP contribution in [0, 0.1) is 57.7 Å². The van der Waals surface area contributed by atoms with Crippen LogP contribution < -0.4 is 0 Å². The summed E-state index contributed by atoms with van der Waals surface area (Å²) in [6.07, 6.45) is -18.5. The largest absolute Gasteiger partial charge is 0.456 e. The molecule has 6 fully saturated rings. The van der Waals surface area contributed by atoms with Gasteiger partial charge in [-0.1, -0.05) is 20.3 Å². The molecule has 3 aliphatic carbocycles. The van der Waals surface area contributed by atoms with Gasteiger partial charge in [-0.05, 0) is 107 Å². The molecule has 0 aromatic rings. The number of halogens is 12. The van der Waals surface area contributed by atoms with Crippen molar-refractivity contribution >= 4 is 0 Å². The van der Waals surface area contributed by atoms with Crippen molar-refractivity contribution in [1.29, 1.82) is 5.26 Å². The predicted molar refractivity (Wildman–Crippen MR) is 143 cm³/mol. The molecule has 0 aromatic heterocycles. The van der Waals surface area contributed by atoms with E-state index in [1.807, 2.05) is 6.07 Å². The van der Waals surface area contributed by atoms with E-state index in [1.165, 1.54) is 6.92 Å². The Morgan fingerprint density at radius 1 is 0.830 bits per heavy atom. The summed E-state index contributed by atoms with van der Waals surface area (Å²) in [6, 6.07) is 1.95. The molecule has 3 saturated carbocycles. The van der Waals surface area contributed by atoms with E-state index < -0.39 is 101 Å². The zero-order valence-electron chi connectivity index (χ0n) is 26.6. The van der Waals surface area contributed by atoms with Crippen LogP contribution in [-0.2, 0) is 9.47 Å². The lowest BCUT2D eigenvalue weighted by Gasteiger charge is -2.61. The Bertz CT molecular complexity index is 1220. The van der Waals surface area contributed by atoms with Gasteiger partial charge in [0.1, 0.15) is 0 Å². The second kappa shape index (κ2) is 11.0. The molecule has 0 amide bonds. The van der Waals surface area contributed by atoms with Gasteiger partial charge in [-0.3, -0.25) is 0 Å². The molecule has 47 heavy (non-hydrogen) atoms. The third-order valence-corrected chi connectivity index (χ3v) is 13.2. The second-order valence-electron chi connectivity index (χ2n) is 15.7. The van der Waals surface area contributed by atoms with E-state index in [2.05, 4.69) is 0 Å². The summed E-state index contributed by atoms with van der Waals surface area (Å²) in [5, 5.41) is 9.72. The van der Waals surface area contributed by atoms with Crippen LogP contribution in [0.2, 0.25) is 0 Å². The van der Waals surface area contributed by atoms with Crippen molar-refractivity contribution in [3.63, 3.8) is 0 Å². The summed E-state index contributed by atoms with van der Waals surface area (Å²) < 4.78 is 187. The summed E-state index contributed by atoms with van der Waals surface area (Å²) in [5.74, 6) is -20.2. The lowest BCUT2D eigenvalue weighted by molar-refractivity contribution is -0.467. The van der Waals surface area contributed by atoms with Crippen LogP contribution in [0.15, 0.2) is 0 Å². The highest BCUT2D eigenvalue weighted by atomic mass is 19.4. The van der Waals surface area contributed by atoms with Crippen LogP contribution >= 0.6 is 0 Å². The molecule has 0 radical (unpaired) electrons. The maximum atomic E-state index is 15.5. The van der Waals surface area contributed by atoms with Crippen molar-refractivity contribution in [3.8, 4) is 6.07 Å². The van der Waals surface area contributed by atoms with Crippen LogP contribution in [0.1, 0.15) is 98.3 Å². The van der Waals surface area contributed by atoms with Crippen molar-refractivity contribution in [2.45, 2.75) is 146 Å². The highest BCUT2D eigenvalue weighted by Gasteiger charge is 2.90. The highest BCUT2D eigenvalue weighted by Crippen LogP contribution is 2.71. The van der Waals surface area contributed by atoms with E-state index in [0.29, 0.717) is 12.8 Å². The Hall–Kier alpha value is -1.43. The van der Waals surface area contributed by atoms with Gasteiger partial charge in [0, 0.05) is 11.8 Å². The Kier molecular flexibility index (Phi) is 8.65. The molecule has 3 aliphatic heterocycles.